The third kappa shape index (κ3) is 8.35. The number of alkyl halides is 1. The van der Waals surface area contributed by atoms with Gasteiger partial charge in [-0.3, -0.25) is 0 Å². The first-order valence-corrected chi connectivity index (χ1v) is 5.57. The van der Waals surface area contributed by atoms with Crippen molar-refractivity contribution in [3.05, 3.63) is 0 Å². The molecule has 0 fully saturated rings. The fraction of sp³-hybridized carbons (Fsp3) is 1.00. The Hall–Kier alpha value is 0.440. The summed E-state index contributed by atoms with van der Waals surface area (Å²) in [5, 5.41) is 1.09. The molecule has 0 rings (SSSR count). The van der Waals surface area contributed by atoms with Crippen molar-refractivity contribution in [1.29, 1.82) is 0 Å². The van der Waals surface area contributed by atoms with Crippen LogP contribution in [-0.4, -0.2) is 18.5 Å². The zero-order chi connectivity index (χ0) is 8.53. The maximum atomic E-state index is 5.43. The molecule has 0 amide bonds. The van der Waals surface area contributed by atoms with E-state index in [-0.39, 0.29) is 0 Å². The molecule has 0 radical (unpaired) electrons. The Labute approximate surface area is 78.6 Å². The molecule has 1 atom stereocenters. The summed E-state index contributed by atoms with van der Waals surface area (Å²) in [5.74, 6) is 0.747. The Morgan fingerprint density at radius 1 is 1.36 bits per heavy atom. The number of unbranched alkanes of at least 4 members (excludes halogenated alkanes) is 1. The van der Waals surface area contributed by atoms with Crippen LogP contribution in [0.3, 0.4) is 0 Å². The lowest BCUT2D eigenvalue weighted by Gasteiger charge is -2.07. The SMILES string of the molecule is CCCCOCCC(C)CBr. The van der Waals surface area contributed by atoms with Gasteiger partial charge in [0.2, 0.25) is 0 Å². The quantitative estimate of drug-likeness (QED) is 0.475. The zero-order valence-corrected chi connectivity index (χ0v) is 9.19. The molecule has 68 valence electrons. The fourth-order valence-electron chi connectivity index (χ4n) is 0.710. The van der Waals surface area contributed by atoms with Crippen LogP contribution in [0.25, 0.3) is 0 Å². The summed E-state index contributed by atoms with van der Waals surface area (Å²) < 4.78 is 5.43. The van der Waals surface area contributed by atoms with Crippen LogP contribution in [0.1, 0.15) is 33.1 Å². The number of ether oxygens (including phenoxy) is 1. The second kappa shape index (κ2) is 8.54. The van der Waals surface area contributed by atoms with E-state index >= 15 is 0 Å². The first-order chi connectivity index (χ1) is 5.31. The smallest absolute Gasteiger partial charge is 0.0468 e. The van der Waals surface area contributed by atoms with Crippen molar-refractivity contribution in [3.8, 4) is 0 Å². The van der Waals surface area contributed by atoms with Crippen LogP contribution in [0.4, 0.5) is 0 Å². The van der Waals surface area contributed by atoms with E-state index < -0.39 is 0 Å². The van der Waals surface area contributed by atoms with Crippen molar-refractivity contribution < 1.29 is 4.74 Å². The molecule has 11 heavy (non-hydrogen) atoms. The van der Waals surface area contributed by atoms with E-state index in [0.717, 1.165) is 24.5 Å². The minimum atomic E-state index is 0.747. The molecule has 2 heteroatoms. The molecular weight excluding hydrogens is 204 g/mol. The van der Waals surface area contributed by atoms with Gasteiger partial charge in [0.15, 0.2) is 0 Å². The number of halogens is 1. The number of hydrogen-bond donors (Lipinski definition) is 0. The molecule has 0 spiro atoms. The lowest BCUT2D eigenvalue weighted by atomic mass is 10.1. The van der Waals surface area contributed by atoms with E-state index in [1.807, 2.05) is 0 Å². The van der Waals surface area contributed by atoms with E-state index in [0.29, 0.717) is 0 Å². The van der Waals surface area contributed by atoms with Crippen molar-refractivity contribution >= 4 is 15.9 Å². The maximum Gasteiger partial charge on any atom is 0.0468 e. The molecule has 0 N–H and O–H groups in total. The van der Waals surface area contributed by atoms with Gasteiger partial charge < -0.3 is 4.74 Å². The van der Waals surface area contributed by atoms with Gasteiger partial charge in [0.1, 0.15) is 0 Å². The van der Waals surface area contributed by atoms with Crippen LogP contribution < -0.4 is 0 Å². The molecule has 0 saturated carbocycles. The van der Waals surface area contributed by atoms with E-state index in [4.69, 9.17) is 4.74 Å². The third-order valence-electron chi connectivity index (χ3n) is 1.66. The predicted octanol–water partition coefficient (Wildman–Crippen LogP) is 3.22. The van der Waals surface area contributed by atoms with Crippen LogP contribution in [0.15, 0.2) is 0 Å². The molecule has 0 aromatic heterocycles. The highest BCUT2D eigenvalue weighted by atomic mass is 79.9. The Kier molecular flexibility index (Phi) is 8.88. The molecule has 0 saturated heterocycles. The largest absolute Gasteiger partial charge is 0.381 e. The molecule has 0 aliphatic carbocycles. The van der Waals surface area contributed by atoms with Crippen molar-refractivity contribution in [3.63, 3.8) is 0 Å². The summed E-state index contributed by atoms with van der Waals surface area (Å²) in [6, 6.07) is 0. The van der Waals surface area contributed by atoms with Gasteiger partial charge in [-0.25, -0.2) is 0 Å². The molecule has 0 aliphatic rings. The average molecular weight is 223 g/mol. The molecule has 1 unspecified atom stereocenters. The van der Waals surface area contributed by atoms with Gasteiger partial charge in [-0.2, -0.15) is 0 Å². The van der Waals surface area contributed by atoms with Gasteiger partial charge in [0, 0.05) is 18.5 Å². The summed E-state index contributed by atoms with van der Waals surface area (Å²) in [7, 11) is 0. The van der Waals surface area contributed by atoms with E-state index in [9.17, 15) is 0 Å². The molecule has 0 aromatic carbocycles. The monoisotopic (exact) mass is 222 g/mol. The maximum absolute atomic E-state index is 5.43. The summed E-state index contributed by atoms with van der Waals surface area (Å²) in [5.41, 5.74) is 0. The molecule has 0 heterocycles. The second-order valence-corrected chi connectivity index (χ2v) is 3.66. The van der Waals surface area contributed by atoms with E-state index in [1.165, 1.54) is 19.3 Å². The Bertz CT molecular complexity index is 76.0. The normalized spacial score (nSPS) is 13.4. The summed E-state index contributed by atoms with van der Waals surface area (Å²) in [4.78, 5) is 0. The minimum absolute atomic E-state index is 0.747. The van der Waals surface area contributed by atoms with Crippen molar-refractivity contribution in [2.24, 2.45) is 5.92 Å². The zero-order valence-electron chi connectivity index (χ0n) is 7.61. The van der Waals surface area contributed by atoms with Gasteiger partial charge in [0.25, 0.3) is 0 Å². The van der Waals surface area contributed by atoms with Crippen LogP contribution in [0.2, 0.25) is 0 Å². The van der Waals surface area contributed by atoms with Crippen LogP contribution in [0, 0.1) is 5.92 Å². The fourth-order valence-corrected chi connectivity index (χ4v) is 1.03. The van der Waals surface area contributed by atoms with Crippen molar-refractivity contribution in [1.82, 2.24) is 0 Å². The lowest BCUT2D eigenvalue weighted by Crippen LogP contribution is -2.03. The highest BCUT2D eigenvalue weighted by Gasteiger charge is 1.97. The van der Waals surface area contributed by atoms with Crippen LogP contribution >= 0.6 is 15.9 Å². The van der Waals surface area contributed by atoms with Gasteiger partial charge >= 0.3 is 0 Å². The third-order valence-corrected chi connectivity index (χ3v) is 2.77. The van der Waals surface area contributed by atoms with Crippen molar-refractivity contribution in [2.45, 2.75) is 33.1 Å². The van der Waals surface area contributed by atoms with Gasteiger partial charge in [-0.15, -0.1) is 0 Å². The Balaban J connectivity index is 2.89. The highest BCUT2D eigenvalue weighted by molar-refractivity contribution is 9.09. The van der Waals surface area contributed by atoms with Gasteiger partial charge in [-0.05, 0) is 18.8 Å². The summed E-state index contributed by atoms with van der Waals surface area (Å²) in [6.45, 7) is 6.28. The summed E-state index contributed by atoms with van der Waals surface area (Å²) in [6.07, 6.45) is 3.60. The first-order valence-electron chi connectivity index (χ1n) is 4.45. The standard InChI is InChI=1S/C9H19BrO/c1-3-4-6-11-7-5-9(2)8-10/h9H,3-8H2,1-2H3. The van der Waals surface area contributed by atoms with E-state index in [2.05, 4.69) is 29.8 Å². The first kappa shape index (κ1) is 11.4. The highest BCUT2D eigenvalue weighted by Crippen LogP contribution is 2.05. The topological polar surface area (TPSA) is 9.23 Å². The van der Waals surface area contributed by atoms with E-state index in [1.54, 1.807) is 0 Å². The number of hydrogen-bond acceptors (Lipinski definition) is 1. The van der Waals surface area contributed by atoms with Gasteiger partial charge in [0.05, 0.1) is 0 Å². The van der Waals surface area contributed by atoms with Crippen LogP contribution in [-0.2, 0) is 4.74 Å². The minimum Gasteiger partial charge on any atom is -0.381 e. The Morgan fingerprint density at radius 2 is 2.09 bits per heavy atom. The summed E-state index contributed by atoms with van der Waals surface area (Å²) >= 11 is 3.44. The molecule has 0 bridgehead atoms. The van der Waals surface area contributed by atoms with Crippen LogP contribution in [0.5, 0.6) is 0 Å². The van der Waals surface area contributed by atoms with Gasteiger partial charge in [-0.1, -0.05) is 36.2 Å². The molecule has 1 nitrogen and oxygen atoms in total. The van der Waals surface area contributed by atoms with Crippen molar-refractivity contribution in [2.75, 3.05) is 18.5 Å². The molecular formula is C9H19BrO. The molecule has 0 aliphatic heterocycles. The Morgan fingerprint density at radius 3 is 2.64 bits per heavy atom. The second-order valence-electron chi connectivity index (χ2n) is 3.01. The molecule has 0 aromatic rings. The average Bonchev–Trinajstić information content (AvgIpc) is 2.04. The predicted molar refractivity (Wildman–Crippen MR) is 53.3 cm³/mol. The lowest BCUT2D eigenvalue weighted by molar-refractivity contribution is 0.121. The number of rotatable bonds is 7.